The van der Waals surface area contributed by atoms with Crippen molar-refractivity contribution in [3.63, 3.8) is 0 Å². The van der Waals surface area contributed by atoms with E-state index in [0.717, 1.165) is 16.5 Å². The van der Waals surface area contributed by atoms with Crippen LogP contribution < -0.4 is 5.32 Å². The molecule has 0 atom stereocenters. The molecular weight excluding hydrogens is 322 g/mol. The molecule has 0 spiro atoms. The summed E-state index contributed by atoms with van der Waals surface area (Å²) in [4.78, 5) is 12.3. The summed E-state index contributed by atoms with van der Waals surface area (Å²) in [5.41, 5.74) is 4.90. The lowest BCUT2D eigenvalue weighted by Crippen LogP contribution is -2.14. The maximum Gasteiger partial charge on any atom is 0.228 e. The second-order valence-corrected chi connectivity index (χ2v) is 6.79. The van der Waals surface area contributed by atoms with Crippen LogP contribution in [0.15, 0.2) is 47.1 Å². The lowest BCUT2D eigenvalue weighted by Gasteiger charge is -2.10. The third-order valence-corrected chi connectivity index (χ3v) is 4.36. The van der Waals surface area contributed by atoms with Gasteiger partial charge in [-0.05, 0) is 54.3 Å². The number of aryl methyl sites for hydroxylation is 1. The molecule has 3 nitrogen and oxygen atoms in total. The minimum atomic E-state index is -0.0911. The van der Waals surface area contributed by atoms with E-state index in [-0.39, 0.29) is 12.3 Å². The average Bonchev–Trinajstić information content (AvgIpc) is 2.88. The Labute approximate surface area is 146 Å². The number of carbonyl (C=O) groups excluding carboxylic acids is 1. The third-order valence-electron chi connectivity index (χ3n) is 4.12. The molecule has 4 heteroatoms. The predicted octanol–water partition coefficient (Wildman–Crippen LogP) is 5.70. The normalized spacial score (nSPS) is 11.2. The van der Waals surface area contributed by atoms with Crippen molar-refractivity contribution in [2.45, 2.75) is 33.1 Å². The zero-order valence-corrected chi connectivity index (χ0v) is 14.8. The van der Waals surface area contributed by atoms with E-state index in [1.54, 1.807) is 18.4 Å². The number of carbonyl (C=O) groups is 1. The zero-order valence-electron chi connectivity index (χ0n) is 14.0. The monoisotopic (exact) mass is 341 g/mol. The van der Waals surface area contributed by atoms with Gasteiger partial charge < -0.3 is 9.73 Å². The third kappa shape index (κ3) is 3.46. The Morgan fingerprint density at radius 3 is 2.75 bits per heavy atom. The molecule has 3 rings (SSSR count). The van der Waals surface area contributed by atoms with Crippen LogP contribution in [0.1, 0.15) is 36.5 Å². The molecule has 0 unspecified atom stereocenters. The van der Waals surface area contributed by atoms with E-state index in [9.17, 15) is 4.79 Å². The molecule has 0 fully saturated rings. The molecule has 124 valence electrons. The number of amides is 1. The maximum atomic E-state index is 12.3. The van der Waals surface area contributed by atoms with Gasteiger partial charge >= 0.3 is 0 Å². The Balaban J connectivity index is 1.84. The SMILES string of the molecule is Cc1cc2occ(CC(=O)Nc3cccc(Cl)c3)c2cc1C(C)C. The number of anilines is 1. The zero-order chi connectivity index (χ0) is 17.3. The molecule has 0 aliphatic carbocycles. The Bertz CT molecular complexity index is 896. The number of halogens is 1. The summed E-state index contributed by atoms with van der Waals surface area (Å²) in [5.74, 6) is 0.337. The number of benzene rings is 2. The summed E-state index contributed by atoms with van der Waals surface area (Å²) >= 11 is 5.94. The van der Waals surface area contributed by atoms with E-state index >= 15 is 0 Å². The van der Waals surface area contributed by atoms with Gasteiger partial charge in [0.1, 0.15) is 5.58 Å². The van der Waals surface area contributed by atoms with Crippen LogP contribution in [0, 0.1) is 6.92 Å². The van der Waals surface area contributed by atoms with E-state index in [2.05, 4.69) is 32.2 Å². The van der Waals surface area contributed by atoms with Gasteiger partial charge in [0.2, 0.25) is 5.91 Å². The molecule has 0 radical (unpaired) electrons. The molecule has 24 heavy (non-hydrogen) atoms. The van der Waals surface area contributed by atoms with Crippen LogP contribution in [-0.4, -0.2) is 5.91 Å². The van der Waals surface area contributed by atoms with Crippen LogP contribution in [0.5, 0.6) is 0 Å². The van der Waals surface area contributed by atoms with Gasteiger partial charge in [0.25, 0.3) is 0 Å². The van der Waals surface area contributed by atoms with E-state index < -0.39 is 0 Å². The van der Waals surface area contributed by atoms with Gasteiger partial charge in [-0.15, -0.1) is 0 Å². The lowest BCUT2D eigenvalue weighted by molar-refractivity contribution is -0.115. The van der Waals surface area contributed by atoms with Gasteiger partial charge in [0, 0.05) is 21.7 Å². The Hall–Kier alpha value is -2.26. The number of furan rings is 1. The summed E-state index contributed by atoms with van der Waals surface area (Å²) in [6.45, 7) is 6.42. The first-order valence-electron chi connectivity index (χ1n) is 8.00. The van der Waals surface area contributed by atoms with Gasteiger partial charge in [-0.2, -0.15) is 0 Å². The van der Waals surface area contributed by atoms with Crippen LogP contribution in [-0.2, 0) is 11.2 Å². The van der Waals surface area contributed by atoms with Crippen LogP contribution in [0.4, 0.5) is 5.69 Å². The molecule has 1 aromatic heterocycles. The molecule has 1 amide bonds. The molecular formula is C20H20ClNO2. The van der Waals surface area contributed by atoms with Crippen molar-refractivity contribution in [1.29, 1.82) is 0 Å². The van der Waals surface area contributed by atoms with Crippen molar-refractivity contribution in [3.05, 3.63) is 64.4 Å². The molecule has 2 aromatic carbocycles. The molecule has 0 saturated carbocycles. The molecule has 1 N–H and O–H groups in total. The summed E-state index contributed by atoms with van der Waals surface area (Å²) in [6, 6.07) is 11.3. The van der Waals surface area contributed by atoms with Crippen LogP contribution in [0.3, 0.4) is 0 Å². The van der Waals surface area contributed by atoms with E-state index in [0.29, 0.717) is 16.6 Å². The van der Waals surface area contributed by atoms with Crippen molar-refractivity contribution < 1.29 is 9.21 Å². The first-order chi connectivity index (χ1) is 11.4. The smallest absolute Gasteiger partial charge is 0.228 e. The number of fused-ring (bicyclic) bond motifs is 1. The lowest BCUT2D eigenvalue weighted by atomic mass is 9.95. The van der Waals surface area contributed by atoms with E-state index in [4.69, 9.17) is 16.0 Å². The largest absolute Gasteiger partial charge is 0.464 e. The van der Waals surface area contributed by atoms with Gasteiger partial charge in [0.05, 0.1) is 12.7 Å². The maximum absolute atomic E-state index is 12.3. The van der Waals surface area contributed by atoms with Gasteiger partial charge in [-0.25, -0.2) is 0 Å². The van der Waals surface area contributed by atoms with Crippen LogP contribution in [0.25, 0.3) is 11.0 Å². The van der Waals surface area contributed by atoms with Crippen LogP contribution >= 0.6 is 11.6 Å². The predicted molar refractivity (Wildman–Crippen MR) is 98.8 cm³/mol. The fraction of sp³-hybridized carbons (Fsp3) is 0.250. The van der Waals surface area contributed by atoms with Gasteiger partial charge in [0.15, 0.2) is 0 Å². The topological polar surface area (TPSA) is 42.2 Å². The first kappa shape index (κ1) is 16.6. The standard InChI is InChI=1S/C20H20ClNO2/c1-12(2)17-10-18-14(11-24-19(18)7-13(17)3)8-20(23)22-16-6-4-5-15(21)9-16/h4-7,9-12H,8H2,1-3H3,(H,22,23). The number of hydrogen-bond donors (Lipinski definition) is 1. The van der Waals surface area contributed by atoms with Crippen molar-refractivity contribution in [2.24, 2.45) is 0 Å². The highest BCUT2D eigenvalue weighted by Gasteiger charge is 2.14. The summed E-state index contributed by atoms with van der Waals surface area (Å²) in [5, 5.41) is 4.47. The second-order valence-electron chi connectivity index (χ2n) is 6.36. The minimum Gasteiger partial charge on any atom is -0.464 e. The van der Waals surface area contributed by atoms with Crippen molar-refractivity contribution in [3.8, 4) is 0 Å². The van der Waals surface area contributed by atoms with Crippen molar-refractivity contribution in [2.75, 3.05) is 5.32 Å². The van der Waals surface area contributed by atoms with Gasteiger partial charge in [-0.3, -0.25) is 4.79 Å². The highest BCUT2D eigenvalue weighted by Crippen LogP contribution is 2.29. The molecule has 0 aliphatic heterocycles. The molecule has 0 bridgehead atoms. The highest BCUT2D eigenvalue weighted by atomic mass is 35.5. The Kier molecular flexibility index (Phi) is 4.63. The van der Waals surface area contributed by atoms with Crippen molar-refractivity contribution in [1.82, 2.24) is 0 Å². The number of nitrogens with one attached hydrogen (secondary N) is 1. The fourth-order valence-electron chi connectivity index (χ4n) is 2.95. The molecule has 0 saturated heterocycles. The van der Waals surface area contributed by atoms with Crippen molar-refractivity contribution >= 4 is 34.2 Å². The summed E-state index contributed by atoms with van der Waals surface area (Å²) < 4.78 is 5.63. The van der Waals surface area contributed by atoms with E-state index in [1.807, 2.05) is 18.2 Å². The summed E-state index contributed by atoms with van der Waals surface area (Å²) in [7, 11) is 0. The second kappa shape index (κ2) is 6.70. The molecule has 0 aliphatic rings. The number of rotatable bonds is 4. The minimum absolute atomic E-state index is 0.0911. The summed E-state index contributed by atoms with van der Waals surface area (Å²) in [6.07, 6.45) is 1.94. The highest BCUT2D eigenvalue weighted by molar-refractivity contribution is 6.30. The quantitative estimate of drug-likeness (QED) is 0.661. The Morgan fingerprint density at radius 2 is 2.04 bits per heavy atom. The molecule has 1 heterocycles. The Morgan fingerprint density at radius 1 is 1.25 bits per heavy atom. The van der Waals surface area contributed by atoms with E-state index in [1.165, 1.54) is 11.1 Å². The fourth-order valence-corrected chi connectivity index (χ4v) is 3.14. The first-order valence-corrected chi connectivity index (χ1v) is 8.38. The van der Waals surface area contributed by atoms with Gasteiger partial charge in [-0.1, -0.05) is 31.5 Å². The number of hydrogen-bond acceptors (Lipinski definition) is 2. The molecule has 3 aromatic rings. The van der Waals surface area contributed by atoms with Crippen LogP contribution in [0.2, 0.25) is 5.02 Å². The average molecular weight is 342 g/mol.